The molecule has 2 amide bonds. The number of amides is 2. The number of nitrogens with zero attached hydrogens (tertiary/aromatic N) is 3. The lowest BCUT2D eigenvalue weighted by molar-refractivity contribution is -0.121. The van der Waals surface area contributed by atoms with Crippen LogP contribution in [0.25, 0.3) is 6.08 Å². The first-order valence-corrected chi connectivity index (χ1v) is 11.9. The number of phenolic OH excluding ortho intramolecular Hbond substituents is 1. The summed E-state index contributed by atoms with van der Waals surface area (Å²) >= 11 is 1.19. The van der Waals surface area contributed by atoms with Gasteiger partial charge in [0.2, 0.25) is 11.8 Å². The Bertz CT molecular complexity index is 1270. The van der Waals surface area contributed by atoms with Gasteiger partial charge in [-0.2, -0.15) is 5.10 Å². The third kappa shape index (κ3) is 6.45. The molecule has 1 atom stereocenters. The standard InChI is InChI=1S/C27H24N4O3S/c1-19(16-20-8-4-2-5-9-20)18-28-30-27-31(22-12-14-23(32)15-13-22)26(34)24(35-27)17-25(33)29-21-10-6-3-7-11-21/h2-16,18,24,32H,17H2,1H3,(H,29,33). The minimum absolute atomic E-state index is 0.0113. The van der Waals surface area contributed by atoms with Crippen molar-refractivity contribution >= 4 is 52.4 Å². The summed E-state index contributed by atoms with van der Waals surface area (Å²) in [6.07, 6.45) is 3.59. The second-order valence-corrected chi connectivity index (χ2v) is 9.01. The second-order valence-electron chi connectivity index (χ2n) is 7.84. The summed E-state index contributed by atoms with van der Waals surface area (Å²) in [5, 5.41) is 20.7. The fourth-order valence-corrected chi connectivity index (χ4v) is 4.52. The van der Waals surface area contributed by atoms with Crippen molar-refractivity contribution in [1.29, 1.82) is 0 Å². The second kappa shape index (κ2) is 11.3. The van der Waals surface area contributed by atoms with E-state index >= 15 is 0 Å². The van der Waals surface area contributed by atoms with Crippen LogP contribution < -0.4 is 10.2 Å². The molecule has 1 unspecified atom stereocenters. The van der Waals surface area contributed by atoms with Crippen molar-refractivity contribution in [3.63, 3.8) is 0 Å². The molecule has 0 spiro atoms. The highest BCUT2D eigenvalue weighted by Crippen LogP contribution is 2.34. The number of allylic oxidation sites excluding steroid dienone is 1. The summed E-state index contributed by atoms with van der Waals surface area (Å²) in [5.41, 5.74) is 3.15. The number of phenols is 1. The molecule has 1 fully saturated rings. The van der Waals surface area contributed by atoms with E-state index in [2.05, 4.69) is 15.5 Å². The van der Waals surface area contributed by atoms with Crippen molar-refractivity contribution in [2.75, 3.05) is 10.2 Å². The molecule has 8 heteroatoms. The molecule has 3 aromatic carbocycles. The molecular weight excluding hydrogens is 460 g/mol. The number of hydrogen-bond donors (Lipinski definition) is 2. The quantitative estimate of drug-likeness (QED) is 0.351. The van der Waals surface area contributed by atoms with Gasteiger partial charge in [-0.15, -0.1) is 5.10 Å². The highest BCUT2D eigenvalue weighted by atomic mass is 32.2. The third-order valence-electron chi connectivity index (χ3n) is 5.07. The number of amidine groups is 1. The number of rotatable bonds is 7. The highest BCUT2D eigenvalue weighted by Gasteiger charge is 2.40. The Labute approximate surface area is 207 Å². The van der Waals surface area contributed by atoms with Crippen LogP contribution in [-0.4, -0.2) is 33.6 Å². The lowest BCUT2D eigenvalue weighted by Gasteiger charge is -2.15. The molecule has 2 N–H and O–H groups in total. The third-order valence-corrected chi connectivity index (χ3v) is 6.20. The first kappa shape index (κ1) is 24.0. The van der Waals surface area contributed by atoms with Gasteiger partial charge in [0.15, 0.2) is 5.17 Å². The van der Waals surface area contributed by atoms with Crippen LogP contribution >= 0.6 is 11.8 Å². The van der Waals surface area contributed by atoms with Crippen molar-refractivity contribution in [1.82, 2.24) is 0 Å². The molecule has 176 valence electrons. The Morgan fingerprint density at radius 1 is 1.03 bits per heavy atom. The maximum Gasteiger partial charge on any atom is 0.247 e. The van der Waals surface area contributed by atoms with Gasteiger partial charge in [0.1, 0.15) is 11.0 Å². The monoisotopic (exact) mass is 484 g/mol. The molecule has 0 aliphatic carbocycles. The van der Waals surface area contributed by atoms with E-state index in [9.17, 15) is 14.7 Å². The topological polar surface area (TPSA) is 94.4 Å². The number of carbonyl (C=O) groups is 2. The summed E-state index contributed by atoms with van der Waals surface area (Å²) in [5.74, 6) is -0.446. The molecule has 1 heterocycles. The van der Waals surface area contributed by atoms with Gasteiger partial charge >= 0.3 is 0 Å². The number of carbonyl (C=O) groups excluding carboxylic acids is 2. The Morgan fingerprint density at radius 2 is 1.69 bits per heavy atom. The Kier molecular flexibility index (Phi) is 7.74. The van der Waals surface area contributed by atoms with Gasteiger partial charge in [-0.25, -0.2) is 0 Å². The number of benzene rings is 3. The lowest BCUT2D eigenvalue weighted by atomic mass is 10.1. The van der Waals surface area contributed by atoms with Gasteiger partial charge in [0, 0.05) is 12.1 Å². The van der Waals surface area contributed by atoms with Crippen LogP contribution in [0.15, 0.2) is 101 Å². The molecule has 0 radical (unpaired) electrons. The molecule has 7 nitrogen and oxygen atoms in total. The van der Waals surface area contributed by atoms with Gasteiger partial charge in [0.05, 0.1) is 11.9 Å². The summed E-state index contributed by atoms with van der Waals surface area (Å²) in [6, 6.07) is 25.2. The van der Waals surface area contributed by atoms with Gasteiger partial charge in [-0.1, -0.05) is 66.4 Å². The smallest absolute Gasteiger partial charge is 0.247 e. The van der Waals surface area contributed by atoms with Gasteiger partial charge < -0.3 is 10.4 Å². The zero-order valence-corrected chi connectivity index (χ0v) is 19.9. The number of nitrogens with one attached hydrogen (secondary N) is 1. The minimum Gasteiger partial charge on any atom is -0.508 e. The number of hydrogen-bond acceptors (Lipinski definition) is 6. The van der Waals surface area contributed by atoms with Crippen LogP contribution in [-0.2, 0) is 9.59 Å². The van der Waals surface area contributed by atoms with Crippen molar-refractivity contribution in [3.05, 3.63) is 96.1 Å². The minimum atomic E-state index is -0.651. The Morgan fingerprint density at radius 3 is 2.37 bits per heavy atom. The van der Waals surface area contributed by atoms with Crippen LogP contribution in [0.4, 0.5) is 11.4 Å². The van der Waals surface area contributed by atoms with E-state index in [0.717, 1.165) is 11.1 Å². The van der Waals surface area contributed by atoms with Crippen molar-refractivity contribution in [3.8, 4) is 5.75 Å². The molecule has 3 aromatic rings. The fraction of sp³-hybridized carbons (Fsp3) is 0.111. The zero-order valence-electron chi connectivity index (χ0n) is 19.0. The summed E-state index contributed by atoms with van der Waals surface area (Å²) < 4.78 is 0. The predicted octanol–water partition coefficient (Wildman–Crippen LogP) is 5.31. The number of aromatic hydroxyl groups is 1. The molecule has 1 aliphatic rings. The van der Waals surface area contributed by atoms with Gasteiger partial charge in [-0.05, 0) is 54.5 Å². The molecule has 0 bridgehead atoms. The number of thioether (sulfide) groups is 1. The van der Waals surface area contributed by atoms with Gasteiger partial charge in [0.25, 0.3) is 0 Å². The van der Waals surface area contributed by atoms with Crippen molar-refractivity contribution < 1.29 is 14.7 Å². The summed E-state index contributed by atoms with van der Waals surface area (Å²) in [7, 11) is 0. The first-order valence-electron chi connectivity index (χ1n) is 11.0. The van der Waals surface area contributed by atoms with E-state index in [-0.39, 0.29) is 24.0 Å². The van der Waals surface area contributed by atoms with Gasteiger partial charge in [-0.3, -0.25) is 14.5 Å². The van der Waals surface area contributed by atoms with Crippen LogP contribution in [0.3, 0.4) is 0 Å². The number of anilines is 2. The molecule has 1 saturated heterocycles. The first-order chi connectivity index (χ1) is 17.0. The van der Waals surface area contributed by atoms with Crippen molar-refractivity contribution in [2.45, 2.75) is 18.6 Å². The molecule has 0 aromatic heterocycles. The van der Waals surface area contributed by atoms with E-state index in [1.165, 1.54) is 28.8 Å². The van der Waals surface area contributed by atoms with E-state index in [4.69, 9.17) is 0 Å². The average molecular weight is 485 g/mol. The molecule has 4 rings (SSSR count). The molecule has 35 heavy (non-hydrogen) atoms. The lowest BCUT2D eigenvalue weighted by Crippen LogP contribution is -2.33. The SMILES string of the molecule is CC(C=NN=C1SC(CC(=O)Nc2ccccc2)C(=O)N1c1ccc(O)cc1)=Cc1ccccc1. The largest absolute Gasteiger partial charge is 0.508 e. The van der Waals surface area contributed by atoms with Crippen LogP contribution in [0.1, 0.15) is 18.9 Å². The maximum atomic E-state index is 13.2. The van der Waals surface area contributed by atoms with Crippen molar-refractivity contribution in [2.24, 2.45) is 10.2 Å². The highest BCUT2D eigenvalue weighted by molar-refractivity contribution is 8.16. The normalized spacial score (nSPS) is 17.3. The van der Waals surface area contributed by atoms with E-state index < -0.39 is 5.25 Å². The van der Waals surface area contributed by atoms with Crippen LogP contribution in [0, 0.1) is 0 Å². The molecule has 1 aliphatic heterocycles. The van der Waals surface area contributed by atoms with E-state index in [1.807, 2.05) is 61.5 Å². The Hall–Kier alpha value is -4.17. The summed E-state index contributed by atoms with van der Waals surface area (Å²) in [6.45, 7) is 1.91. The Balaban J connectivity index is 1.53. The number of para-hydroxylation sites is 1. The van der Waals surface area contributed by atoms with E-state index in [0.29, 0.717) is 16.5 Å². The predicted molar refractivity (Wildman–Crippen MR) is 143 cm³/mol. The molecule has 0 saturated carbocycles. The van der Waals surface area contributed by atoms with Crippen LogP contribution in [0.5, 0.6) is 5.75 Å². The molecular formula is C27H24N4O3S. The fourth-order valence-electron chi connectivity index (χ4n) is 3.43. The average Bonchev–Trinajstić information content (AvgIpc) is 3.15. The van der Waals surface area contributed by atoms with Crippen LogP contribution in [0.2, 0.25) is 0 Å². The maximum absolute atomic E-state index is 13.2. The summed E-state index contributed by atoms with van der Waals surface area (Å²) in [4.78, 5) is 27.3. The zero-order chi connectivity index (χ0) is 24.6. The van der Waals surface area contributed by atoms with E-state index in [1.54, 1.807) is 30.5 Å².